The van der Waals surface area contributed by atoms with Crippen molar-refractivity contribution in [2.24, 2.45) is 0 Å². The Morgan fingerprint density at radius 1 is 1.12 bits per heavy atom. The second-order valence-corrected chi connectivity index (χ2v) is 3.80. The number of aromatic nitrogens is 1. The summed E-state index contributed by atoms with van der Waals surface area (Å²) in [5.74, 6) is -0.335. The molecule has 2 nitrogen and oxygen atoms in total. The van der Waals surface area contributed by atoms with E-state index in [1.807, 2.05) is 30.3 Å². The average Bonchev–Trinajstić information content (AvgIpc) is 2.34. The van der Waals surface area contributed by atoms with Crippen LogP contribution >= 0.6 is 24.0 Å². The number of nitriles is 1. The lowest BCUT2D eigenvalue weighted by molar-refractivity contribution is 0.966. The Labute approximate surface area is 111 Å². The summed E-state index contributed by atoms with van der Waals surface area (Å²) in [4.78, 5) is 4.19. The van der Waals surface area contributed by atoms with Crippen LogP contribution in [0.1, 0.15) is 17.2 Å². The first kappa shape index (κ1) is 13.5. The van der Waals surface area contributed by atoms with Crippen LogP contribution in [-0.2, 0) is 0 Å². The molecule has 0 spiro atoms. The number of hydrogen-bond acceptors (Lipinski definition) is 2. The van der Waals surface area contributed by atoms with Crippen molar-refractivity contribution in [1.29, 1.82) is 5.26 Å². The summed E-state index contributed by atoms with van der Waals surface area (Å²) >= 11 is 5.81. The van der Waals surface area contributed by atoms with Crippen LogP contribution in [0.4, 0.5) is 0 Å². The molecule has 17 heavy (non-hydrogen) atoms. The van der Waals surface area contributed by atoms with Crippen LogP contribution in [-0.4, -0.2) is 4.98 Å². The number of nitrogens with zero attached hydrogens (tertiary/aromatic N) is 2. The first-order chi connectivity index (χ1) is 7.81. The van der Waals surface area contributed by atoms with Gasteiger partial charge in [0.05, 0.1) is 11.8 Å². The summed E-state index contributed by atoms with van der Waals surface area (Å²) in [6, 6.07) is 15.1. The summed E-state index contributed by atoms with van der Waals surface area (Å²) in [6.07, 6.45) is 1.69. The summed E-state index contributed by atoms with van der Waals surface area (Å²) in [7, 11) is 0. The molecular formula is C13H10Cl2N2. The van der Waals surface area contributed by atoms with Gasteiger partial charge in [0.25, 0.3) is 0 Å². The molecule has 1 aromatic carbocycles. The minimum atomic E-state index is -0.335. The lowest BCUT2D eigenvalue weighted by atomic mass is 9.97. The zero-order chi connectivity index (χ0) is 11.4. The third-order valence-corrected chi connectivity index (χ3v) is 2.57. The summed E-state index contributed by atoms with van der Waals surface area (Å²) in [5.41, 5.74) is 1.66. The lowest BCUT2D eigenvalue weighted by Crippen LogP contribution is -2.00. The second-order valence-electron chi connectivity index (χ2n) is 3.37. The molecule has 0 amide bonds. The van der Waals surface area contributed by atoms with Crippen LogP contribution in [0.25, 0.3) is 0 Å². The predicted octanol–water partition coefficient (Wildman–Crippen LogP) is 3.81. The molecular weight excluding hydrogens is 255 g/mol. The Bertz CT molecular complexity index is 503. The monoisotopic (exact) mass is 264 g/mol. The van der Waals surface area contributed by atoms with E-state index in [4.69, 9.17) is 11.6 Å². The number of halogens is 2. The molecule has 0 N–H and O–H groups in total. The zero-order valence-electron chi connectivity index (χ0n) is 8.88. The molecule has 0 saturated heterocycles. The fourth-order valence-corrected chi connectivity index (χ4v) is 1.64. The van der Waals surface area contributed by atoms with Gasteiger partial charge in [0.15, 0.2) is 0 Å². The van der Waals surface area contributed by atoms with Crippen molar-refractivity contribution in [3.63, 3.8) is 0 Å². The maximum atomic E-state index is 9.18. The average molecular weight is 265 g/mol. The molecule has 0 radical (unpaired) electrons. The van der Waals surface area contributed by atoms with Crippen LogP contribution in [0, 0.1) is 11.3 Å². The van der Waals surface area contributed by atoms with Gasteiger partial charge in [-0.1, -0.05) is 29.8 Å². The molecule has 0 aliphatic carbocycles. The molecule has 0 fully saturated rings. The van der Waals surface area contributed by atoms with Gasteiger partial charge < -0.3 is 0 Å². The van der Waals surface area contributed by atoms with E-state index >= 15 is 0 Å². The quantitative estimate of drug-likeness (QED) is 0.827. The van der Waals surface area contributed by atoms with E-state index in [1.54, 1.807) is 18.3 Å². The summed E-state index contributed by atoms with van der Waals surface area (Å²) in [6.45, 7) is 0. The maximum absolute atomic E-state index is 9.18. The molecule has 1 atom stereocenters. The number of rotatable bonds is 2. The van der Waals surface area contributed by atoms with Gasteiger partial charge in [0, 0.05) is 11.2 Å². The Kier molecular flexibility index (Phi) is 4.96. The molecule has 0 saturated carbocycles. The highest BCUT2D eigenvalue weighted by atomic mass is 35.5. The van der Waals surface area contributed by atoms with Crippen molar-refractivity contribution in [3.8, 4) is 6.07 Å². The van der Waals surface area contributed by atoms with Crippen LogP contribution in [0.2, 0.25) is 5.02 Å². The first-order valence-corrected chi connectivity index (χ1v) is 5.25. The van der Waals surface area contributed by atoms with Gasteiger partial charge >= 0.3 is 0 Å². The van der Waals surface area contributed by atoms with Crippen LogP contribution in [0.3, 0.4) is 0 Å². The van der Waals surface area contributed by atoms with E-state index in [9.17, 15) is 5.26 Å². The van der Waals surface area contributed by atoms with Gasteiger partial charge in [-0.2, -0.15) is 5.26 Å². The first-order valence-electron chi connectivity index (χ1n) is 4.87. The van der Waals surface area contributed by atoms with Crippen molar-refractivity contribution in [2.45, 2.75) is 5.92 Å². The van der Waals surface area contributed by atoms with Crippen molar-refractivity contribution < 1.29 is 0 Å². The highest BCUT2D eigenvalue weighted by Gasteiger charge is 2.13. The number of pyridine rings is 1. The number of hydrogen-bond donors (Lipinski definition) is 0. The molecule has 1 heterocycles. The fraction of sp³-hybridized carbons (Fsp3) is 0.0769. The fourth-order valence-electron chi connectivity index (χ4n) is 1.51. The molecule has 86 valence electrons. The molecule has 0 aliphatic heterocycles. The minimum absolute atomic E-state index is 0. The van der Waals surface area contributed by atoms with Crippen LogP contribution in [0.5, 0.6) is 0 Å². The zero-order valence-corrected chi connectivity index (χ0v) is 10.4. The number of benzene rings is 1. The largest absolute Gasteiger partial charge is 0.260 e. The smallest absolute Gasteiger partial charge is 0.113 e. The van der Waals surface area contributed by atoms with Gasteiger partial charge in [-0.15, -0.1) is 12.4 Å². The van der Waals surface area contributed by atoms with Crippen LogP contribution in [0.15, 0.2) is 48.7 Å². The van der Waals surface area contributed by atoms with Crippen molar-refractivity contribution in [1.82, 2.24) is 4.98 Å². The molecule has 1 unspecified atom stereocenters. The van der Waals surface area contributed by atoms with Gasteiger partial charge in [-0.05, 0) is 29.8 Å². The minimum Gasteiger partial charge on any atom is -0.260 e. The van der Waals surface area contributed by atoms with Gasteiger partial charge in [0.2, 0.25) is 0 Å². The van der Waals surface area contributed by atoms with E-state index < -0.39 is 0 Å². The van der Waals surface area contributed by atoms with E-state index in [0.29, 0.717) is 5.02 Å². The van der Waals surface area contributed by atoms with Crippen molar-refractivity contribution in [3.05, 3.63) is 64.9 Å². The van der Waals surface area contributed by atoms with E-state index in [1.165, 1.54) is 0 Å². The third kappa shape index (κ3) is 3.20. The second kappa shape index (κ2) is 6.24. The van der Waals surface area contributed by atoms with Gasteiger partial charge in [-0.3, -0.25) is 4.98 Å². The summed E-state index contributed by atoms with van der Waals surface area (Å²) < 4.78 is 0. The Hall–Kier alpha value is -1.56. The van der Waals surface area contributed by atoms with Crippen molar-refractivity contribution >= 4 is 24.0 Å². The van der Waals surface area contributed by atoms with E-state index in [2.05, 4.69) is 11.1 Å². The van der Waals surface area contributed by atoms with Gasteiger partial charge in [-0.25, -0.2) is 0 Å². The molecule has 0 aliphatic rings. The molecule has 0 bridgehead atoms. The highest BCUT2D eigenvalue weighted by Crippen LogP contribution is 2.23. The molecule has 2 aromatic rings. The molecule has 1 aromatic heterocycles. The Morgan fingerprint density at radius 2 is 1.82 bits per heavy atom. The Morgan fingerprint density at radius 3 is 2.35 bits per heavy atom. The highest BCUT2D eigenvalue weighted by molar-refractivity contribution is 6.30. The topological polar surface area (TPSA) is 36.7 Å². The predicted molar refractivity (Wildman–Crippen MR) is 70.4 cm³/mol. The third-order valence-electron chi connectivity index (χ3n) is 2.32. The lowest BCUT2D eigenvalue weighted by Gasteiger charge is -2.08. The molecule has 2 rings (SSSR count). The van der Waals surface area contributed by atoms with Gasteiger partial charge in [0.1, 0.15) is 5.92 Å². The standard InChI is InChI=1S/C13H9ClN2.ClH/c14-11-6-4-10(5-7-11)12(9-15)13-3-1-2-8-16-13;/h1-8,12H;1H. The maximum Gasteiger partial charge on any atom is 0.113 e. The normalized spacial score (nSPS) is 11.1. The van der Waals surface area contributed by atoms with Crippen LogP contribution < -0.4 is 0 Å². The summed E-state index contributed by atoms with van der Waals surface area (Å²) in [5, 5.41) is 9.85. The molecule has 4 heteroatoms. The van der Waals surface area contributed by atoms with Crippen molar-refractivity contribution in [2.75, 3.05) is 0 Å². The Balaban J connectivity index is 0.00000144. The van der Waals surface area contributed by atoms with E-state index in [-0.39, 0.29) is 18.3 Å². The SMILES string of the molecule is Cl.N#CC(c1ccc(Cl)cc1)c1ccccn1. The van der Waals surface area contributed by atoms with E-state index in [0.717, 1.165) is 11.3 Å².